The van der Waals surface area contributed by atoms with Crippen molar-refractivity contribution in [3.05, 3.63) is 29.7 Å². The molecule has 0 spiro atoms. The molecule has 2 atom stereocenters. The molecule has 2 fully saturated rings. The van der Waals surface area contributed by atoms with Crippen LogP contribution in [0.5, 0.6) is 0 Å². The quantitative estimate of drug-likeness (QED) is 0.858. The second-order valence-electron chi connectivity index (χ2n) is 7.85. The number of halogens is 2. The first-order valence-corrected chi connectivity index (χ1v) is 9.68. The summed E-state index contributed by atoms with van der Waals surface area (Å²) in [6.07, 6.45) is 4.86. The molecule has 2 aliphatic rings. The lowest BCUT2D eigenvalue weighted by molar-refractivity contribution is -0.126. The van der Waals surface area contributed by atoms with Crippen LogP contribution in [-0.4, -0.2) is 33.0 Å². The number of imidazole rings is 1. The minimum absolute atomic E-state index is 0.0138. The van der Waals surface area contributed by atoms with E-state index in [1.54, 1.807) is 10.7 Å². The van der Waals surface area contributed by atoms with Crippen LogP contribution in [0.3, 0.4) is 0 Å². The Labute approximate surface area is 156 Å². The fourth-order valence-corrected chi connectivity index (χ4v) is 4.16. The highest BCUT2D eigenvalue weighted by atomic mass is 19.3. The molecule has 8 heteroatoms. The van der Waals surface area contributed by atoms with Crippen molar-refractivity contribution < 1.29 is 13.6 Å². The van der Waals surface area contributed by atoms with Crippen molar-refractivity contribution in [1.82, 2.24) is 19.9 Å². The molecule has 3 heterocycles. The Morgan fingerprint density at radius 1 is 1.30 bits per heavy atom. The Bertz CT molecular complexity index is 827. The molecule has 0 radical (unpaired) electrons. The summed E-state index contributed by atoms with van der Waals surface area (Å²) in [4.78, 5) is 16.5. The molecular weight excluding hydrogens is 352 g/mol. The van der Waals surface area contributed by atoms with E-state index in [4.69, 9.17) is 5.73 Å². The summed E-state index contributed by atoms with van der Waals surface area (Å²) in [6.45, 7) is 0.748. The van der Waals surface area contributed by atoms with E-state index in [-0.39, 0.29) is 36.6 Å². The number of carbonyl (C=O) groups excluding carboxylic acids is 1. The predicted molar refractivity (Wildman–Crippen MR) is 96.3 cm³/mol. The second-order valence-corrected chi connectivity index (χ2v) is 7.85. The number of nitrogens with zero attached hydrogens (tertiary/aromatic N) is 3. The maximum atomic E-state index is 13.4. The molecule has 0 aromatic carbocycles. The highest BCUT2D eigenvalue weighted by Crippen LogP contribution is 2.40. The van der Waals surface area contributed by atoms with Crippen LogP contribution in [-0.2, 0) is 11.2 Å². The number of piperidine rings is 1. The summed E-state index contributed by atoms with van der Waals surface area (Å²) in [6, 6.07) is 3.39. The van der Waals surface area contributed by atoms with E-state index in [0.29, 0.717) is 30.6 Å². The highest BCUT2D eigenvalue weighted by Gasteiger charge is 2.37. The van der Waals surface area contributed by atoms with E-state index in [0.717, 1.165) is 25.1 Å². The van der Waals surface area contributed by atoms with Gasteiger partial charge in [0.2, 0.25) is 11.8 Å². The normalized spacial score (nSPS) is 24.7. The minimum Gasteiger partial charge on any atom is -0.356 e. The van der Waals surface area contributed by atoms with Crippen molar-refractivity contribution in [2.24, 2.45) is 17.6 Å². The van der Waals surface area contributed by atoms with Gasteiger partial charge in [0.1, 0.15) is 0 Å². The third kappa shape index (κ3) is 3.95. The SMILES string of the molecule is N[C@H](c1cn2nc(CC3CCCNC3=O)ccc2n1)C1CCC(F)(F)CC1. The van der Waals surface area contributed by atoms with Crippen molar-refractivity contribution in [3.8, 4) is 0 Å². The number of carbonyl (C=O) groups is 1. The molecule has 1 aliphatic carbocycles. The maximum Gasteiger partial charge on any atom is 0.248 e. The standard InChI is InChI=1S/C19H25F2N5O/c20-19(21)7-5-12(6-8-19)17(22)15-11-26-16(24-15)4-3-14(25-26)10-13-2-1-9-23-18(13)27/h3-4,11-13,17H,1-2,5-10,22H2,(H,23,27)/t13?,17-/m0/s1. The Morgan fingerprint density at radius 3 is 2.81 bits per heavy atom. The molecule has 6 nitrogen and oxygen atoms in total. The van der Waals surface area contributed by atoms with Crippen molar-refractivity contribution in [1.29, 1.82) is 0 Å². The predicted octanol–water partition coefficient (Wildman–Crippen LogP) is 2.62. The van der Waals surface area contributed by atoms with Crippen LogP contribution in [0.1, 0.15) is 56.0 Å². The first-order valence-electron chi connectivity index (χ1n) is 9.68. The smallest absolute Gasteiger partial charge is 0.248 e. The zero-order valence-corrected chi connectivity index (χ0v) is 15.2. The third-order valence-electron chi connectivity index (χ3n) is 5.86. The fourth-order valence-electron chi connectivity index (χ4n) is 4.16. The number of amides is 1. The van der Waals surface area contributed by atoms with Crippen LogP contribution in [0.25, 0.3) is 5.65 Å². The number of nitrogens with one attached hydrogen (secondary N) is 1. The average molecular weight is 377 g/mol. The van der Waals surface area contributed by atoms with Gasteiger partial charge in [0.25, 0.3) is 0 Å². The number of alkyl halides is 2. The van der Waals surface area contributed by atoms with Crippen LogP contribution < -0.4 is 11.1 Å². The summed E-state index contributed by atoms with van der Waals surface area (Å²) in [5.41, 5.74) is 8.52. The van der Waals surface area contributed by atoms with Crippen molar-refractivity contribution in [2.45, 2.75) is 56.9 Å². The number of fused-ring (bicyclic) bond motifs is 1. The Kier molecular flexibility index (Phi) is 4.84. The number of hydrogen-bond acceptors (Lipinski definition) is 4. The third-order valence-corrected chi connectivity index (χ3v) is 5.86. The molecule has 3 N–H and O–H groups in total. The van der Waals surface area contributed by atoms with Gasteiger partial charge in [-0.05, 0) is 43.7 Å². The van der Waals surface area contributed by atoms with E-state index in [2.05, 4.69) is 15.4 Å². The molecular formula is C19H25F2N5O. The van der Waals surface area contributed by atoms with Gasteiger partial charge in [-0.1, -0.05) is 0 Å². The van der Waals surface area contributed by atoms with E-state index >= 15 is 0 Å². The Hall–Kier alpha value is -2.09. The monoisotopic (exact) mass is 377 g/mol. The molecule has 2 aromatic heterocycles. The van der Waals surface area contributed by atoms with Crippen LogP contribution in [0.15, 0.2) is 18.3 Å². The van der Waals surface area contributed by atoms with Gasteiger partial charge in [0.05, 0.1) is 23.6 Å². The first-order chi connectivity index (χ1) is 12.9. The van der Waals surface area contributed by atoms with Crippen molar-refractivity contribution in [3.63, 3.8) is 0 Å². The van der Waals surface area contributed by atoms with Gasteiger partial charge in [-0.15, -0.1) is 0 Å². The maximum absolute atomic E-state index is 13.4. The number of hydrogen-bond donors (Lipinski definition) is 2. The molecule has 146 valence electrons. The topological polar surface area (TPSA) is 85.3 Å². The van der Waals surface area contributed by atoms with Gasteiger partial charge in [0, 0.05) is 31.7 Å². The van der Waals surface area contributed by atoms with E-state index < -0.39 is 5.92 Å². The van der Waals surface area contributed by atoms with Crippen LogP contribution in [0, 0.1) is 11.8 Å². The highest BCUT2D eigenvalue weighted by molar-refractivity contribution is 5.79. The molecule has 0 bridgehead atoms. The Morgan fingerprint density at radius 2 is 2.07 bits per heavy atom. The molecule has 27 heavy (non-hydrogen) atoms. The van der Waals surface area contributed by atoms with Gasteiger partial charge in [-0.2, -0.15) is 5.10 Å². The van der Waals surface area contributed by atoms with Gasteiger partial charge in [-0.3, -0.25) is 4.79 Å². The van der Waals surface area contributed by atoms with Gasteiger partial charge in [-0.25, -0.2) is 18.3 Å². The lowest BCUT2D eigenvalue weighted by Crippen LogP contribution is -2.37. The molecule has 1 saturated carbocycles. The van der Waals surface area contributed by atoms with Crippen LogP contribution >= 0.6 is 0 Å². The largest absolute Gasteiger partial charge is 0.356 e. The zero-order valence-electron chi connectivity index (χ0n) is 15.2. The minimum atomic E-state index is -2.56. The van der Waals surface area contributed by atoms with Crippen LogP contribution in [0.4, 0.5) is 8.78 Å². The molecule has 4 rings (SSSR count). The molecule has 1 unspecified atom stereocenters. The van der Waals surface area contributed by atoms with Crippen LogP contribution in [0.2, 0.25) is 0 Å². The van der Waals surface area contributed by atoms with E-state index in [9.17, 15) is 13.6 Å². The lowest BCUT2D eigenvalue weighted by atomic mass is 9.81. The molecule has 2 aromatic rings. The lowest BCUT2D eigenvalue weighted by Gasteiger charge is -2.31. The molecule has 1 amide bonds. The second kappa shape index (κ2) is 7.14. The van der Waals surface area contributed by atoms with E-state index in [1.807, 2.05) is 12.1 Å². The number of nitrogens with two attached hydrogens (primary N) is 1. The average Bonchev–Trinajstić information content (AvgIpc) is 3.06. The summed E-state index contributed by atoms with van der Waals surface area (Å²) in [5.74, 6) is -2.50. The summed E-state index contributed by atoms with van der Waals surface area (Å²) in [7, 11) is 0. The molecule has 1 aliphatic heterocycles. The van der Waals surface area contributed by atoms with Gasteiger partial charge >= 0.3 is 0 Å². The number of aromatic nitrogens is 3. The van der Waals surface area contributed by atoms with Crippen molar-refractivity contribution in [2.75, 3.05) is 6.54 Å². The fraction of sp³-hybridized carbons (Fsp3) is 0.632. The Balaban J connectivity index is 1.48. The summed E-state index contributed by atoms with van der Waals surface area (Å²) >= 11 is 0. The van der Waals surface area contributed by atoms with Gasteiger partial charge in [0.15, 0.2) is 5.65 Å². The summed E-state index contributed by atoms with van der Waals surface area (Å²) < 4.78 is 28.4. The zero-order chi connectivity index (χ0) is 19.0. The van der Waals surface area contributed by atoms with E-state index in [1.165, 1.54) is 0 Å². The van der Waals surface area contributed by atoms with Crippen molar-refractivity contribution >= 4 is 11.6 Å². The van der Waals surface area contributed by atoms with Gasteiger partial charge < -0.3 is 11.1 Å². The first kappa shape index (κ1) is 18.3. The summed E-state index contributed by atoms with van der Waals surface area (Å²) in [5, 5.41) is 7.47. The molecule has 1 saturated heterocycles. The number of rotatable bonds is 4.